The molecule has 1 aliphatic heterocycles. The van der Waals surface area contributed by atoms with Gasteiger partial charge in [-0.2, -0.15) is 11.8 Å². The highest BCUT2D eigenvalue weighted by molar-refractivity contribution is 8.00. The van der Waals surface area contributed by atoms with Gasteiger partial charge in [0.1, 0.15) is 0 Å². The van der Waals surface area contributed by atoms with E-state index in [1.54, 1.807) is 0 Å². The fourth-order valence-corrected chi connectivity index (χ4v) is 3.11. The van der Waals surface area contributed by atoms with Crippen LogP contribution in [0.15, 0.2) is 0 Å². The van der Waals surface area contributed by atoms with Crippen LogP contribution in [-0.2, 0) is 0 Å². The van der Waals surface area contributed by atoms with Crippen molar-refractivity contribution in [3.8, 4) is 11.8 Å². The highest BCUT2D eigenvalue weighted by Crippen LogP contribution is 2.34. The average molecular weight is 198 g/mol. The predicted octanol–water partition coefficient (Wildman–Crippen LogP) is 0.822. The Hall–Kier alpha value is -0.170. The minimum Gasteiger partial charge on any atom is -0.329 e. The first kappa shape index (κ1) is 10.9. The Morgan fingerprint density at radius 1 is 1.69 bits per heavy atom. The molecule has 0 aromatic rings. The van der Waals surface area contributed by atoms with Crippen molar-refractivity contribution in [2.45, 2.75) is 31.1 Å². The third-order valence-corrected chi connectivity index (χ3v) is 4.16. The summed E-state index contributed by atoms with van der Waals surface area (Å²) in [7, 11) is 0. The van der Waals surface area contributed by atoms with Crippen molar-refractivity contribution in [1.82, 2.24) is 5.32 Å². The minimum atomic E-state index is 0.133. The molecule has 1 saturated heterocycles. The molecule has 0 aromatic carbocycles. The monoisotopic (exact) mass is 198 g/mol. The van der Waals surface area contributed by atoms with Crippen molar-refractivity contribution in [3.05, 3.63) is 0 Å². The van der Waals surface area contributed by atoms with Crippen molar-refractivity contribution >= 4 is 11.8 Å². The van der Waals surface area contributed by atoms with Crippen LogP contribution in [0.25, 0.3) is 0 Å². The van der Waals surface area contributed by atoms with E-state index in [1.165, 1.54) is 12.2 Å². The molecule has 74 valence electrons. The van der Waals surface area contributed by atoms with Gasteiger partial charge in [-0.15, -0.1) is 5.92 Å². The molecule has 0 saturated carbocycles. The lowest BCUT2D eigenvalue weighted by Crippen LogP contribution is -2.55. The Labute approximate surface area is 85.0 Å². The molecule has 1 heterocycles. The smallest absolute Gasteiger partial charge is 0.0581 e. The van der Waals surface area contributed by atoms with Gasteiger partial charge in [-0.1, -0.05) is 12.8 Å². The molecule has 0 aromatic heterocycles. The molecule has 0 radical (unpaired) electrons. The molecule has 0 aliphatic carbocycles. The maximum atomic E-state index is 5.82. The molecule has 1 rings (SSSR count). The summed E-state index contributed by atoms with van der Waals surface area (Å²) in [6.07, 6.45) is 1.17. The van der Waals surface area contributed by atoms with Crippen molar-refractivity contribution in [2.75, 3.05) is 18.8 Å². The zero-order valence-corrected chi connectivity index (χ0v) is 9.21. The second-order valence-corrected chi connectivity index (χ2v) is 4.85. The topological polar surface area (TPSA) is 38.0 Å². The fourth-order valence-electron chi connectivity index (χ4n) is 1.66. The van der Waals surface area contributed by atoms with E-state index in [9.17, 15) is 0 Å². The van der Waals surface area contributed by atoms with Gasteiger partial charge in [-0.25, -0.2) is 0 Å². The second-order valence-electron chi connectivity index (χ2n) is 3.40. The zero-order valence-electron chi connectivity index (χ0n) is 8.39. The summed E-state index contributed by atoms with van der Waals surface area (Å²) in [5.41, 5.74) is 5.95. The number of nitrogens with one attached hydrogen (secondary N) is 1. The van der Waals surface area contributed by atoms with E-state index in [2.05, 4.69) is 24.1 Å². The summed E-state index contributed by atoms with van der Waals surface area (Å²) >= 11 is 2.00. The van der Waals surface area contributed by atoms with Crippen molar-refractivity contribution in [2.24, 2.45) is 5.73 Å². The predicted molar refractivity (Wildman–Crippen MR) is 59.8 cm³/mol. The van der Waals surface area contributed by atoms with Gasteiger partial charge in [0.25, 0.3) is 0 Å². The van der Waals surface area contributed by atoms with Gasteiger partial charge in [-0.3, -0.25) is 5.32 Å². The largest absolute Gasteiger partial charge is 0.329 e. The van der Waals surface area contributed by atoms with Gasteiger partial charge < -0.3 is 5.73 Å². The summed E-state index contributed by atoms with van der Waals surface area (Å²) in [5, 5.41) is 4.08. The Balaban J connectivity index is 2.52. The van der Waals surface area contributed by atoms with Crippen LogP contribution in [0.3, 0.4) is 0 Å². The molecule has 3 N–H and O–H groups in total. The van der Waals surface area contributed by atoms with Gasteiger partial charge in [-0.05, 0) is 19.1 Å². The third-order valence-electron chi connectivity index (χ3n) is 2.76. The summed E-state index contributed by atoms with van der Waals surface area (Å²) in [5.74, 6) is 7.13. The Morgan fingerprint density at radius 3 is 2.92 bits per heavy atom. The second kappa shape index (κ2) is 4.90. The molecular weight excluding hydrogens is 180 g/mol. The highest BCUT2D eigenvalue weighted by atomic mass is 32.2. The number of hydrogen-bond donors (Lipinski definition) is 2. The SMILES string of the molecule is CC#CCNC1(CN)CCSC1C. The maximum absolute atomic E-state index is 5.82. The summed E-state index contributed by atoms with van der Waals surface area (Å²) in [6, 6.07) is 0. The molecule has 13 heavy (non-hydrogen) atoms. The van der Waals surface area contributed by atoms with E-state index < -0.39 is 0 Å². The van der Waals surface area contributed by atoms with Crippen molar-refractivity contribution in [3.63, 3.8) is 0 Å². The van der Waals surface area contributed by atoms with E-state index >= 15 is 0 Å². The Bertz CT molecular complexity index is 219. The molecule has 1 fully saturated rings. The normalized spacial score (nSPS) is 32.7. The summed E-state index contributed by atoms with van der Waals surface area (Å²) in [4.78, 5) is 0. The van der Waals surface area contributed by atoms with E-state index in [4.69, 9.17) is 5.73 Å². The Morgan fingerprint density at radius 2 is 2.46 bits per heavy atom. The van der Waals surface area contributed by atoms with Crippen molar-refractivity contribution < 1.29 is 0 Å². The number of hydrogen-bond acceptors (Lipinski definition) is 3. The quantitative estimate of drug-likeness (QED) is 0.660. The fraction of sp³-hybridized carbons (Fsp3) is 0.800. The maximum Gasteiger partial charge on any atom is 0.0581 e. The average Bonchev–Trinajstić information content (AvgIpc) is 2.49. The third kappa shape index (κ3) is 2.40. The van der Waals surface area contributed by atoms with Gasteiger partial charge in [0, 0.05) is 17.3 Å². The zero-order chi connectivity index (χ0) is 9.73. The molecule has 2 nitrogen and oxygen atoms in total. The Kier molecular flexibility index (Phi) is 4.11. The lowest BCUT2D eigenvalue weighted by atomic mass is 9.93. The van der Waals surface area contributed by atoms with Crippen molar-refractivity contribution in [1.29, 1.82) is 0 Å². The van der Waals surface area contributed by atoms with Crippen LogP contribution in [-0.4, -0.2) is 29.6 Å². The van der Waals surface area contributed by atoms with E-state index in [-0.39, 0.29) is 5.54 Å². The van der Waals surface area contributed by atoms with Gasteiger partial charge in [0.15, 0.2) is 0 Å². The molecule has 1 aliphatic rings. The van der Waals surface area contributed by atoms with Crippen LogP contribution in [0.4, 0.5) is 0 Å². The van der Waals surface area contributed by atoms with Crippen LogP contribution in [0, 0.1) is 11.8 Å². The molecular formula is C10H18N2S. The highest BCUT2D eigenvalue weighted by Gasteiger charge is 2.38. The van der Waals surface area contributed by atoms with E-state index in [0.29, 0.717) is 11.8 Å². The minimum absolute atomic E-state index is 0.133. The lowest BCUT2D eigenvalue weighted by Gasteiger charge is -2.32. The van der Waals surface area contributed by atoms with Crippen LogP contribution in [0.5, 0.6) is 0 Å². The summed E-state index contributed by atoms with van der Waals surface area (Å²) in [6.45, 7) is 5.59. The number of nitrogens with two attached hydrogens (primary N) is 1. The molecule has 0 spiro atoms. The lowest BCUT2D eigenvalue weighted by molar-refractivity contribution is 0.350. The number of rotatable bonds is 3. The molecule has 2 atom stereocenters. The van der Waals surface area contributed by atoms with Crippen LogP contribution in [0.2, 0.25) is 0 Å². The van der Waals surface area contributed by atoms with Gasteiger partial charge in [0.05, 0.1) is 6.54 Å². The molecule has 2 unspecified atom stereocenters. The standard InChI is InChI=1S/C10H18N2S/c1-3-4-6-12-10(8-11)5-7-13-9(10)2/h9,12H,5-8,11H2,1-2H3. The van der Waals surface area contributed by atoms with Crippen LogP contribution in [0.1, 0.15) is 20.3 Å². The summed E-state index contributed by atoms with van der Waals surface area (Å²) < 4.78 is 0. The van der Waals surface area contributed by atoms with E-state index in [0.717, 1.165) is 6.54 Å². The first-order chi connectivity index (χ1) is 6.25. The van der Waals surface area contributed by atoms with Crippen LogP contribution < -0.4 is 11.1 Å². The van der Waals surface area contributed by atoms with E-state index in [1.807, 2.05) is 18.7 Å². The van der Waals surface area contributed by atoms with Crippen LogP contribution >= 0.6 is 11.8 Å². The van der Waals surface area contributed by atoms with Gasteiger partial charge in [0.2, 0.25) is 0 Å². The molecule has 0 amide bonds. The first-order valence-electron chi connectivity index (χ1n) is 4.71. The number of thioether (sulfide) groups is 1. The molecule has 3 heteroatoms. The first-order valence-corrected chi connectivity index (χ1v) is 5.76. The van der Waals surface area contributed by atoms with Gasteiger partial charge >= 0.3 is 0 Å². The molecule has 0 bridgehead atoms.